The number of rotatable bonds is 4. The molecule has 0 aliphatic heterocycles. The Labute approximate surface area is 112 Å². The van der Waals surface area contributed by atoms with E-state index in [1.807, 2.05) is 26.0 Å². The molecule has 0 aliphatic rings. The molecule has 0 unspecified atom stereocenters. The van der Waals surface area contributed by atoms with Crippen LogP contribution in [0.4, 0.5) is 0 Å². The van der Waals surface area contributed by atoms with Crippen molar-refractivity contribution in [2.24, 2.45) is 0 Å². The number of benzene rings is 1. The SMILES string of the molecule is CCN(Cc1ccco1)C(=O)c1ccc(C)cc1O. The summed E-state index contributed by atoms with van der Waals surface area (Å²) in [5.74, 6) is 0.543. The minimum absolute atomic E-state index is 0.0166. The second-order valence-electron chi connectivity index (χ2n) is 4.42. The van der Waals surface area contributed by atoms with Crippen molar-refractivity contribution in [1.29, 1.82) is 0 Å². The van der Waals surface area contributed by atoms with Gasteiger partial charge in [-0.3, -0.25) is 4.79 Å². The molecule has 0 saturated heterocycles. The van der Waals surface area contributed by atoms with Crippen LogP contribution in [0.5, 0.6) is 5.75 Å². The molecule has 100 valence electrons. The smallest absolute Gasteiger partial charge is 0.258 e. The molecule has 4 nitrogen and oxygen atoms in total. The third kappa shape index (κ3) is 2.96. The summed E-state index contributed by atoms with van der Waals surface area (Å²) in [5, 5.41) is 9.86. The van der Waals surface area contributed by atoms with Crippen LogP contribution in [0.25, 0.3) is 0 Å². The number of furan rings is 1. The van der Waals surface area contributed by atoms with Gasteiger partial charge in [0.2, 0.25) is 0 Å². The number of aromatic hydroxyl groups is 1. The number of hydrogen-bond donors (Lipinski definition) is 1. The van der Waals surface area contributed by atoms with Gasteiger partial charge in [0.15, 0.2) is 0 Å². The number of aryl methyl sites for hydroxylation is 1. The zero-order valence-corrected chi connectivity index (χ0v) is 11.1. The van der Waals surface area contributed by atoms with E-state index in [4.69, 9.17) is 4.42 Å². The van der Waals surface area contributed by atoms with E-state index in [-0.39, 0.29) is 11.7 Å². The van der Waals surface area contributed by atoms with Gasteiger partial charge in [0.25, 0.3) is 5.91 Å². The average Bonchev–Trinajstić information content (AvgIpc) is 2.88. The summed E-state index contributed by atoms with van der Waals surface area (Å²) in [4.78, 5) is 14.0. The first-order valence-corrected chi connectivity index (χ1v) is 6.23. The van der Waals surface area contributed by atoms with Crippen molar-refractivity contribution in [1.82, 2.24) is 4.90 Å². The Morgan fingerprint density at radius 3 is 2.74 bits per heavy atom. The predicted octanol–water partition coefficient (Wildman–Crippen LogP) is 2.96. The van der Waals surface area contributed by atoms with Crippen LogP contribution in [-0.2, 0) is 6.54 Å². The third-order valence-electron chi connectivity index (χ3n) is 2.98. The summed E-state index contributed by atoms with van der Waals surface area (Å²) in [7, 11) is 0. The van der Waals surface area contributed by atoms with Crippen LogP contribution < -0.4 is 0 Å². The van der Waals surface area contributed by atoms with Crippen molar-refractivity contribution in [3.8, 4) is 5.75 Å². The number of hydrogen-bond acceptors (Lipinski definition) is 3. The topological polar surface area (TPSA) is 53.7 Å². The molecule has 0 saturated carbocycles. The molecule has 4 heteroatoms. The number of nitrogens with zero attached hydrogens (tertiary/aromatic N) is 1. The molecule has 1 heterocycles. The van der Waals surface area contributed by atoms with E-state index in [9.17, 15) is 9.90 Å². The van der Waals surface area contributed by atoms with Gasteiger partial charge in [0.1, 0.15) is 11.5 Å². The van der Waals surface area contributed by atoms with Crippen molar-refractivity contribution >= 4 is 5.91 Å². The second kappa shape index (κ2) is 5.61. The number of carbonyl (C=O) groups excluding carboxylic acids is 1. The lowest BCUT2D eigenvalue weighted by atomic mass is 10.1. The molecule has 0 fully saturated rings. The van der Waals surface area contributed by atoms with Gasteiger partial charge in [-0.1, -0.05) is 6.07 Å². The molecular weight excluding hydrogens is 242 g/mol. The largest absolute Gasteiger partial charge is 0.507 e. The predicted molar refractivity (Wildman–Crippen MR) is 72.0 cm³/mol. The van der Waals surface area contributed by atoms with Crippen LogP contribution in [0.15, 0.2) is 41.0 Å². The Morgan fingerprint density at radius 1 is 1.37 bits per heavy atom. The van der Waals surface area contributed by atoms with Gasteiger partial charge < -0.3 is 14.4 Å². The molecule has 1 N–H and O–H groups in total. The van der Waals surface area contributed by atoms with Crippen LogP contribution in [-0.4, -0.2) is 22.5 Å². The maximum Gasteiger partial charge on any atom is 0.258 e. The van der Waals surface area contributed by atoms with E-state index in [0.29, 0.717) is 18.7 Å². The summed E-state index contributed by atoms with van der Waals surface area (Å²) in [6.45, 7) is 4.71. The standard InChI is InChI=1S/C15H17NO3/c1-3-16(10-12-5-4-8-19-12)15(18)13-7-6-11(2)9-14(13)17/h4-9,17H,3,10H2,1-2H3. The molecule has 2 rings (SSSR count). The molecule has 0 aliphatic carbocycles. The van der Waals surface area contributed by atoms with Gasteiger partial charge in [-0.25, -0.2) is 0 Å². The molecular formula is C15H17NO3. The fourth-order valence-corrected chi connectivity index (χ4v) is 1.91. The minimum atomic E-state index is -0.198. The van der Waals surface area contributed by atoms with Crippen molar-refractivity contribution < 1.29 is 14.3 Å². The number of phenolic OH excluding ortho intramolecular Hbond substituents is 1. The summed E-state index contributed by atoms with van der Waals surface area (Å²) in [6.07, 6.45) is 1.58. The van der Waals surface area contributed by atoms with Crippen LogP contribution in [0.2, 0.25) is 0 Å². The maximum absolute atomic E-state index is 12.4. The Kier molecular flexibility index (Phi) is 3.90. The quantitative estimate of drug-likeness (QED) is 0.918. The summed E-state index contributed by atoms with van der Waals surface area (Å²) in [5.41, 5.74) is 1.24. The molecule has 19 heavy (non-hydrogen) atoms. The van der Waals surface area contributed by atoms with Gasteiger partial charge in [-0.2, -0.15) is 0 Å². The van der Waals surface area contributed by atoms with Crippen LogP contribution >= 0.6 is 0 Å². The average molecular weight is 259 g/mol. The molecule has 0 radical (unpaired) electrons. The molecule has 0 spiro atoms. The van der Waals surface area contributed by atoms with Crippen LogP contribution in [0.1, 0.15) is 28.6 Å². The van der Waals surface area contributed by atoms with Crippen molar-refractivity contribution in [2.45, 2.75) is 20.4 Å². The van der Waals surface area contributed by atoms with E-state index in [0.717, 1.165) is 11.3 Å². The zero-order valence-electron chi connectivity index (χ0n) is 11.1. The highest BCUT2D eigenvalue weighted by molar-refractivity contribution is 5.96. The number of carbonyl (C=O) groups is 1. The molecule has 1 aromatic heterocycles. The zero-order chi connectivity index (χ0) is 13.8. The van der Waals surface area contributed by atoms with Gasteiger partial charge in [-0.15, -0.1) is 0 Å². The summed E-state index contributed by atoms with van der Waals surface area (Å²) < 4.78 is 5.24. The maximum atomic E-state index is 12.4. The monoisotopic (exact) mass is 259 g/mol. The minimum Gasteiger partial charge on any atom is -0.507 e. The first-order valence-electron chi connectivity index (χ1n) is 6.23. The Hall–Kier alpha value is -2.23. The highest BCUT2D eigenvalue weighted by Gasteiger charge is 2.18. The fourth-order valence-electron chi connectivity index (χ4n) is 1.91. The van der Waals surface area contributed by atoms with Gasteiger partial charge in [-0.05, 0) is 43.7 Å². The summed E-state index contributed by atoms with van der Waals surface area (Å²) in [6, 6.07) is 8.67. The highest BCUT2D eigenvalue weighted by Crippen LogP contribution is 2.21. The lowest BCUT2D eigenvalue weighted by Crippen LogP contribution is -2.30. The Morgan fingerprint density at radius 2 is 2.16 bits per heavy atom. The van der Waals surface area contributed by atoms with Gasteiger partial charge in [0, 0.05) is 6.54 Å². The van der Waals surface area contributed by atoms with Crippen molar-refractivity contribution in [3.63, 3.8) is 0 Å². The number of phenols is 1. The lowest BCUT2D eigenvalue weighted by Gasteiger charge is -2.20. The summed E-state index contributed by atoms with van der Waals surface area (Å²) >= 11 is 0. The first kappa shape index (κ1) is 13.2. The highest BCUT2D eigenvalue weighted by atomic mass is 16.3. The lowest BCUT2D eigenvalue weighted by molar-refractivity contribution is 0.0738. The van der Waals surface area contributed by atoms with Crippen LogP contribution in [0, 0.1) is 6.92 Å². The van der Waals surface area contributed by atoms with Gasteiger partial charge in [0.05, 0.1) is 18.4 Å². The normalized spacial score (nSPS) is 10.4. The van der Waals surface area contributed by atoms with Crippen LogP contribution in [0.3, 0.4) is 0 Å². The van der Waals surface area contributed by atoms with Crippen molar-refractivity contribution in [3.05, 3.63) is 53.5 Å². The second-order valence-corrected chi connectivity index (χ2v) is 4.42. The Balaban J connectivity index is 2.20. The van der Waals surface area contributed by atoms with E-state index >= 15 is 0 Å². The van der Waals surface area contributed by atoms with E-state index in [2.05, 4.69) is 0 Å². The molecule has 2 aromatic rings. The molecule has 1 amide bonds. The Bertz CT molecular complexity index is 561. The molecule has 0 atom stereocenters. The van der Waals surface area contributed by atoms with Gasteiger partial charge >= 0.3 is 0 Å². The fraction of sp³-hybridized carbons (Fsp3) is 0.267. The number of amides is 1. The first-order chi connectivity index (χ1) is 9.11. The van der Waals surface area contributed by atoms with E-state index < -0.39 is 0 Å². The molecule has 0 bridgehead atoms. The van der Waals surface area contributed by atoms with E-state index in [1.165, 1.54) is 0 Å². The van der Waals surface area contributed by atoms with E-state index in [1.54, 1.807) is 29.4 Å². The molecule has 1 aromatic carbocycles. The van der Waals surface area contributed by atoms with Crippen molar-refractivity contribution in [2.75, 3.05) is 6.54 Å². The third-order valence-corrected chi connectivity index (χ3v) is 2.98.